The van der Waals surface area contributed by atoms with Crippen molar-refractivity contribution in [2.75, 3.05) is 17.7 Å². The molecule has 0 unspecified atom stereocenters. The van der Waals surface area contributed by atoms with Crippen LogP contribution in [0.25, 0.3) is 11.4 Å². The topological polar surface area (TPSA) is 130 Å². The van der Waals surface area contributed by atoms with Gasteiger partial charge in [-0.3, -0.25) is 4.90 Å². The van der Waals surface area contributed by atoms with Gasteiger partial charge in [-0.25, -0.2) is 4.79 Å². The zero-order valence-electron chi connectivity index (χ0n) is 12.7. The van der Waals surface area contributed by atoms with Crippen molar-refractivity contribution in [3.8, 4) is 22.9 Å². The van der Waals surface area contributed by atoms with Crippen molar-refractivity contribution in [2.24, 2.45) is 0 Å². The number of tetrazole rings is 1. The van der Waals surface area contributed by atoms with Gasteiger partial charge in [0.05, 0.1) is 11.4 Å². The third-order valence-electron chi connectivity index (χ3n) is 3.34. The lowest BCUT2D eigenvalue weighted by Crippen LogP contribution is -2.24. The highest BCUT2D eigenvalue weighted by atomic mass is 16.5. The van der Waals surface area contributed by atoms with Crippen molar-refractivity contribution in [3.05, 3.63) is 42.5 Å². The first-order valence-electron chi connectivity index (χ1n) is 6.92. The van der Waals surface area contributed by atoms with Crippen LogP contribution >= 0.6 is 0 Å². The highest BCUT2D eigenvalue weighted by Crippen LogP contribution is 2.31. The number of anilines is 2. The number of nitrogen functional groups attached to an aromatic ring is 1. The van der Waals surface area contributed by atoms with Crippen LogP contribution in [0, 0.1) is 0 Å². The molecule has 0 aliphatic carbocycles. The highest BCUT2D eigenvalue weighted by Gasteiger charge is 2.13. The van der Waals surface area contributed by atoms with Crippen LogP contribution < -0.4 is 15.4 Å². The van der Waals surface area contributed by atoms with E-state index in [9.17, 15) is 4.79 Å². The minimum atomic E-state index is -1.11. The molecule has 9 nitrogen and oxygen atoms in total. The molecule has 2 aromatic carbocycles. The predicted molar refractivity (Wildman–Crippen MR) is 87.0 cm³/mol. The van der Waals surface area contributed by atoms with Gasteiger partial charge >= 0.3 is 6.09 Å². The van der Waals surface area contributed by atoms with Crippen molar-refractivity contribution in [1.29, 1.82) is 0 Å². The van der Waals surface area contributed by atoms with Crippen molar-refractivity contribution in [2.45, 2.75) is 0 Å². The van der Waals surface area contributed by atoms with Gasteiger partial charge in [-0.2, -0.15) is 5.21 Å². The summed E-state index contributed by atoms with van der Waals surface area (Å²) >= 11 is 0. The van der Waals surface area contributed by atoms with Crippen molar-refractivity contribution in [3.63, 3.8) is 0 Å². The summed E-state index contributed by atoms with van der Waals surface area (Å²) in [6, 6.07) is 11.9. The minimum absolute atomic E-state index is 0.347. The molecule has 0 aliphatic rings. The third kappa shape index (κ3) is 3.09. The summed E-state index contributed by atoms with van der Waals surface area (Å²) in [4.78, 5) is 12.1. The number of amides is 1. The maximum Gasteiger partial charge on any atom is 0.411 e. The Kier molecular flexibility index (Phi) is 3.98. The molecule has 4 N–H and O–H groups in total. The summed E-state index contributed by atoms with van der Waals surface area (Å²) < 4.78 is 5.74. The Labute approximate surface area is 136 Å². The van der Waals surface area contributed by atoms with Crippen molar-refractivity contribution >= 4 is 17.5 Å². The SMILES string of the molecule is CN(C(=O)O)c1cc(Oc2ccc(-c3nn[nH]n3)cc2)ccc1N. The Morgan fingerprint density at radius 1 is 1.21 bits per heavy atom. The number of aromatic nitrogens is 4. The van der Waals surface area contributed by atoms with Crippen LogP contribution in [0.2, 0.25) is 0 Å². The summed E-state index contributed by atoms with van der Waals surface area (Å²) in [5.74, 6) is 1.54. The lowest BCUT2D eigenvalue weighted by atomic mass is 10.2. The number of carbonyl (C=O) groups is 1. The number of H-pyrrole nitrogens is 1. The number of nitrogens with zero attached hydrogens (tertiary/aromatic N) is 4. The van der Waals surface area contributed by atoms with Crippen LogP contribution in [0.3, 0.4) is 0 Å². The first-order valence-corrected chi connectivity index (χ1v) is 6.92. The summed E-state index contributed by atoms with van der Waals surface area (Å²) in [5, 5.41) is 22.8. The summed E-state index contributed by atoms with van der Waals surface area (Å²) in [6.07, 6.45) is -1.11. The quantitative estimate of drug-likeness (QED) is 0.627. The molecule has 0 atom stereocenters. The average Bonchev–Trinajstić information content (AvgIpc) is 3.11. The van der Waals surface area contributed by atoms with Crippen LogP contribution in [-0.2, 0) is 0 Å². The molecule has 0 saturated carbocycles. The van der Waals surface area contributed by atoms with E-state index in [1.165, 1.54) is 7.05 Å². The Morgan fingerprint density at radius 3 is 2.54 bits per heavy atom. The summed E-state index contributed by atoms with van der Waals surface area (Å²) in [5.41, 5.74) is 7.30. The van der Waals surface area contributed by atoms with Gasteiger partial charge in [-0.05, 0) is 41.6 Å². The van der Waals surface area contributed by atoms with E-state index in [4.69, 9.17) is 15.6 Å². The highest BCUT2D eigenvalue weighted by molar-refractivity contribution is 5.90. The molecule has 3 aromatic rings. The second-order valence-corrected chi connectivity index (χ2v) is 4.92. The molecule has 0 radical (unpaired) electrons. The zero-order valence-corrected chi connectivity index (χ0v) is 12.7. The molecule has 1 heterocycles. The van der Waals surface area contributed by atoms with E-state index >= 15 is 0 Å². The third-order valence-corrected chi connectivity index (χ3v) is 3.34. The molecule has 3 rings (SSSR count). The van der Waals surface area contributed by atoms with Crippen LogP contribution in [0.15, 0.2) is 42.5 Å². The van der Waals surface area contributed by atoms with Gasteiger partial charge in [0.15, 0.2) is 0 Å². The normalized spacial score (nSPS) is 10.4. The molecular weight excluding hydrogens is 312 g/mol. The minimum Gasteiger partial charge on any atom is -0.465 e. The number of hydrogen-bond acceptors (Lipinski definition) is 6. The maximum atomic E-state index is 11.1. The fourth-order valence-electron chi connectivity index (χ4n) is 2.07. The van der Waals surface area contributed by atoms with Crippen LogP contribution in [0.1, 0.15) is 0 Å². The van der Waals surface area contributed by atoms with E-state index in [1.807, 2.05) is 0 Å². The lowest BCUT2D eigenvalue weighted by molar-refractivity contribution is 0.203. The van der Waals surface area contributed by atoms with Gasteiger partial charge in [-0.15, -0.1) is 10.2 Å². The number of rotatable bonds is 4. The first kappa shape index (κ1) is 15.3. The molecule has 1 aromatic heterocycles. The van der Waals surface area contributed by atoms with Crippen LogP contribution in [0.5, 0.6) is 11.5 Å². The second kappa shape index (κ2) is 6.24. The lowest BCUT2D eigenvalue weighted by Gasteiger charge is -2.16. The van der Waals surface area contributed by atoms with Gasteiger partial charge in [0.2, 0.25) is 5.82 Å². The molecule has 9 heteroatoms. The number of hydrogen-bond donors (Lipinski definition) is 3. The number of aromatic amines is 1. The number of benzene rings is 2. The van der Waals surface area contributed by atoms with Gasteiger partial charge in [0.1, 0.15) is 11.5 Å². The molecule has 0 saturated heterocycles. The molecular formula is C15H14N6O3. The van der Waals surface area contributed by atoms with E-state index in [1.54, 1.807) is 42.5 Å². The fourth-order valence-corrected chi connectivity index (χ4v) is 2.07. The van der Waals surface area contributed by atoms with E-state index < -0.39 is 6.09 Å². The van der Waals surface area contributed by atoms with Gasteiger partial charge in [-0.1, -0.05) is 0 Å². The van der Waals surface area contributed by atoms with Gasteiger partial charge in [0.25, 0.3) is 0 Å². The largest absolute Gasteiger partial charge is 0.465 e. The van der Waals surface area contributed by atoms with Gasteiger partial charge < -0.3 is 15.6 Å². The number of ether oxygens (including phenoxy) is 1. The molecule has 0 spiro atoms. The number of nitrogens with two attached hydrogens (primary N) is 1. The molecule has 0 bridgehead atoms. The van der Waals surface area contributed by atoms with Crippen LogP contribution in [-0.4, -0.2) is 38.9 Å². The fraction of sp³-hybridized carbons (Fsp3) is 0.0667. The summed E-state index contributed by atoms with van der Waals surface area (Å²) in [6.45, 7) is 0. The monoisotopic (exact) mass is 326 g/mol. The molecule has 0 aliphatic heterocycles. The molecule has 24 heavy (non-hydrogen) atoms. The van der Waals surface area contributed by atoms with Crippen molar-refractivity contribution < 1.29 is 14.6 Å². The molecule has 122 valence electrons. The van der Waals surface area contributed by atoms with Crippen molar-refractivity contribution in [1.82, 2.24) is 20.6 Å². The first-order chi connectivity index (χ1) is 11.5. The van der Waals surface area contributed by atoms with E-state index in [0.29, 0.717) is 28.7 Å². The Bertz CT molecular complexity index is 848. The van der Waals surface area contributed by atoms with Crippen LogP contribution in [0.4, 0.5) is 16.2 Å². The Balaban J connectivity index is 1.81. The summed E-state index contributed by atoms with van der Waals surface area (Å²) in [7, 11) is 1.41. The van der Waals surface area contributed by atoms with Gasteiger partial charge in [0, 0.05) is 18.7 Å². The number of nitrogens with one attached hydrogen (secondary N) is 1. The van der Waals surface area contributed by atoms with E-state index in [2.05, 4.69) is 20.6 Å². The second-order valence-electron chi connectivity index (χ2n) is 4.92. The van der Waals surface area contributed by atoms with E-state index in [-0.39, 0.29) is 0 Å². The molecule has 1 amide bonds. The average molecular weight is 326 g/mol. The predicted octanol–water partition coefficient (Wildman–Crippen LogP) is 2.36. The molecule has 0 fully saturated rings. The Hall–Kier alpha value is -3.62. The maximum absolute atomic E-state index is 11.1. The number of carboxylic acid groups (broad SMARTS) is 1. The standard InChI is InChI=1S/C15H14N6O3/c1-21(15(22)23)13-8-11(6-7-12(13)16)24-10-4-2-9(3-5-10)14-17-19-20-18-14/h2-8H,16H2,1H3,(H,22,23)(H,17,18,19,20). The zero-order chi connectivity index (χ0) is 17.1. The smallest absolute Gasteiger partial charge is 0.411 e. The Morgan fingerprint density at radius 2 is 1.92 bits per heavy atom. The van der Waals surface area contributed by atoms with E-state index in [0.717, 1.165) is 10.5 Å².